The Kier molecular flexibility index (Phi) is 4.48. The van der Waals surface area contributed by atoms with Gasteiger partial charge in [-0.1, -0.05) is 84.9 Å². The number of nitrogens with zero attached hydrogens (tertiary/aromatic N) is 3. The van der Waals surface area contributed by atoms with E-state index < -0.39 is 0 Å². The van der Waals surface area contributed by atoms with Crippen LogP contribution in [0.3, 0.4) is 0 Å². The quantitative estimate of drug-likeness (QED) is 0.224. The number of aromatic nitrogens is 3. The van der Waals surface area contributed by atoms with Crippen LogP contribution in [0.15, 0.2) is 127 Å². The molecule has 6 aromatic carbocycles. The van der Waals surface area contributed by atoms with Gasteiger partial charge in [0.1, 0.15) is 0 Å². The van der Waals surface area contributed by atoms with E-state index in [-0.39, 0.29) is 0 Å². The van der Waals surface area contributed by atoms with E-state index in [9.17, 15) is 0 Å². The fourth-order valence-corrected chi connectivity index (χ4v) is 7.27. The van der Waals surface area contributed by atoms with E-state index in [0.717, 1.165) is 33.2 Å². The molecule has 0 atom stereocenters. The van der Waals surface area contributed by atoms with Gasteiger partial charge < -0.3 is 0 Å². The van der Waals surface area contributed by atoms with Crippen molar-refractivity contribution in [1.82, 2.24) is 14.5 Å². The van der Waals surface area contributed by atoms with E-state index in [4.69, 9.17) is 9.97 Å². The number of para-hydroxylation sites is 2. The lowest BCUT2D eigenvalue weighted by Crippen LogP contribution is -2.03. The summed E-state index contributed by atoms with van der Waals surface area (Å²) in [7, 11) is 0. The van der Waals surface area contributed by atoms with Crippen molar-refractivity contribution in [3.8, 4) is 17.2 Å². The van der Waals surface area contributed by atoms with Crippen LogP contribution in [-0.4, -0.2) is 14.5 Å². The lowest BCUT2D eigenvalue weighted by Gasteiger charge is -2.12. The molecule has 0 saturated carbocycles. The van der Waals surface area contributed by atoms with Crippen molar-refractivity contribution in [2.45, 2.75) is 0 Å². The third-order valence-electron chi connectivity index (χ3n) is 7.97. The number of rotatable bonds is 2. The van der Waals surface area contributed by atoms with Crippen LogP contribution in [0.1, 0.15) is 0 Å². The summed E-state index contributed by atoms with van der Waals surface area (Å²) >= 11 is 1.86. The molecular weight excluding hydrogens is 506 g/mol. The summed E-state index contributed by atoms with van der Waals surface area (Å²) in [4.78, 5) is 10.4. The lowest BCUT2D eigenvalue weighted by atomic mass is 10.0. The molecule has 9 aromatic rings. The monoisotopic (exact) mass is 527 g/mol. The van der Waals surface area contributed by atoms with Crippen molar-refractivity contribution in [2.75, 3.05) is 0 Å². The maximum absolute atomic E-state index is 5.23. The first-order chi connectivity index (χ1) is 19.8. The van der Waals surface area contributed by atoms with Crippen LogP contribution in [0.4, 0.5) is 0 Å². The molecule has 3 aromatic heterocycles. The maximum atomic E-state index is 5.23. The topological polar surface area (TPSA) is 30.7 Å². The van der Waals surface area contributed by atoms with Crippen molar-refractivity contribution in [1.29, 1.82) is 0 Å². The van der Waals surface area contributed by atoms with E-state index in [0.29, 0.717) is 5.95 Å². The smallest absolute Gasteiger partial charge is 0.235 e. The number of hydrogen-bond acceptors (Lipinski definition) is 3. The molecule has 0 saturated heterocycles. The largest absolute Gasteiger partial charge is 0.278 e. The molecule has 0 N–H and O–H groups in total. The van der Waals surface area contributed by atoms with Gasteiger partial charge in [0, 0.05) is 41.9 Å². The SMILES string of the molecule is c1ccc(-c2nc(-n3c4ccccc4c4cc5cc6sc7ccccc7c6cc5cc43)nc3ccccc23)cc1. The molecule has 0 aliphatic rings. The third kappa shape index (κ3) is 3.11. The minimum Gasteiger partial charge on any atom is -0.278 e. The summed E-state index contributed by atoms with van der Waals surface area (Å²) in [5.74, 6) is 0.685. The highest BCUT2D eigenvalue weighted by molar-refractivity contribution is 7.25. The molecule has 0 aliphatic heterocycles. The van der Waals surface area contributed by atoms with Crippen molar-refractivity contribution in [3.05, 3.63) is 127 Å². The standard InChI is InChI=1S/C36H21N3S/c1-2-10-22(11-3-1)35-27-14-4-7-15-30(27)37-36(38-35)39-31-16-8-5-12-25(31)28-18-24-21-34-29(19-23(24)20-32(28)39)26-13-6-9-17-33(26)40-34/h1-21H. The van der Waals surface area contributed by atoms with Crippen molar-refractivity contribution in [3.63, 3.8) is 0 Å². The van der Waals surface area contributed by atoms with Crippen LogP contribution < -0.4 is 0 Å². The number of benzene rings is 6. The third-order valence-corrected chi connectivity index (χ3v) is 9.10. The Morgan fingerprint density at radius 1 is 0.475 bits per heavy atom. The Hall–Kier alpha value is -5.06. The Morgan fingerprint density at radius 3 is 2.08 bits per heavy atom. The van der Waals surface area contributed by atoms with Crippen molar-refractivity contribution in [2.24, 2.45) is 0 Å². The molecule has 0 aliphatic carbocycles. The molecule has 186 valence electrons. The molecule has 0 spiro atoms. The van der Waals surface area contributed by atoms with Gasteiger partial charge in [0.05, 0.1) is 22.2 Å². The summed E-state index contributed by atoms with van der Waals surface area (Å²) in [6.07, 6.45) is 0. The maximum Gasteiger partial charge on any atom is 0.235 e. The highest BCUT2D eigenvalue weighted by Crippen LogP contribution is 2.40. The first-order valence-corrected chi connectivity index (χ1v) is 14.2. The zero-order valence-electron chi connectivity index (χ0n) is 21.4. The zero-order chi connectivity index (χ0) is 26.2. The van der Waals surface area contributed by atoms with Gasteiger partial charge in [0.2, 0.25) is 5.95 Å². The van der Waals surface area contributed by atoms with Crippen LogP contribution in [0.5, 0.6) is 0 Å². The van der Waals surface area contributed by atoms with Crippen LogP contribution in [-0.2, 0) is 0 Å². The van der Waals surface area contributed by atoms with Gasteiger partial charge >= 0.3 is 0 Å². The second kappa shape index (κ2) is 8.22. The Morgan fingerprint density at radius 2 is 1.18 bits per heavy atom. The predicted molar refractivity (Wildman–Crippen MR) is 170 cm³/mol. The molecular formula is C36H21N3S. The molecule has 3 nitrogen and oxygen atoms in total. The van der Waals surface area contributed by atoms with Gasteiger partial charge in [-0.2, -0.15) is 0 Å². The highest BCUT2D eigenvalue weighted by atomic mass is 32.1. The number of hydrogen-bond donors (Lipinski definition) is 0. The van der Waals surface area contributed by atoms with Gasteiger partial charge in [-0.05, 0) is 53.2 Å². The van der Waals surface area contributed by atoms with E-state index >= 15 is 0 Å². The molecule has 4 heteroatoms. The Bertz CT molecular complexity index is 2430. The Labute approximate surface area is 233 Å². The second-order valence-corrected chi connectivity index (χ2v) is 11.4. The van der Waals surface area contributed by atoms with Crippen LogP contribution >= 0.6 is 11.3 Å². The number of thiophene rings is 1. The van der Waals surface area contributed by atoms with Crippen molar-refractivity contribution >= 4 is 75.0 Å². The molecule has 40 heavy (non-hydrogen) atoms. The summed E-state index contributed by atoms with van der Waals surface area (Å²) < 4.78 is 4.88. The molecule has 0 fully saturated rings. The fraction of sp³-hybridized carbons (Fsp3) is 0. The van der Waals surface area contributed by atoms with E-state index in [1.54, 1.807) is 0 Å². The lowest BCUT2D eigenvalue weighted by molar-refractivity contribution is 1.01. The minimum atomic E-state index is 0.685. The zero-order valence-corrected chi connectivity index (χ0v) is 22.2. The summed E-state index contributed by atoms with van der Waals surface area (Å²) in [6, 6.07) is 45.3. The summed E-state index contributed by atoms with van der Waals surface area (Å²) in [5.41, 5.74) is 5.18. The van der Waals surface area contributed by atoms with Gasteiger partial charge in [-0.3, -0.25) is 4.57 Å². The van der Waals surface area contributed by atoms with Crippen molar-refractivity contribution < 1.29 is 0 Å². The summed E-state index contributed by atoms with van der Waals surface area (Å²) in [6.45, 7) is 0. The average Bonchev–Trinajstić information content (AvgIpc) is 3.53. The molecule has 0 amide bonds. The normalized spacial score (nSPS) is 12.0. The molecule has 0 radical (unpaired) electrons. The van der Waals surface area contributed by atoms with Crippen LogP contribution in [0, 0.1) is 0 Å². The molecule has 0 unspecified atom stereocenters. The minimum absolute atomic E-state index is 0.685. The van der Waals surface area contributed by atoms with Gasteiger partial charge in [0.25, 0.3) is 0 Å². The van der Waals surface area contributed by atoms with E-state index in [1.807, 2.05) is 23.5 Å². The average molecular weight is 528 g/mol. The Balaban J connectivity index is 1.40. The van der Waals surface area contributed by atoms with E-state index in [1.165, 1.54) is 41.7 Å². The predicted octanol–water partition coefficient (Wildman–Crippen LogP) is 9.91. The highest BCUT2D eigenvalue weighted by Gasteiger charge is 2.18. The van der Waals surface area contributed by atoms with Crippen LogP contribution in [0.25, 0.3) is 80.9 Å². The molecule has 0 bridgehead atoms. The van der Waals surface area contributed by atoms with Gasteiger partial charge in [-0.25, -0.2) is 9.97 Å². The van der Waals surface area contributed by atoms with Gasteiger partial charge in [-0.15, -0.1) is 11.3 Å². The van der Waals surface area contributed by atoms with E-state index in [2.05, 4.69) is 120 Å². The second-order valence-electron chi connectivity index (χ2n) is 10.3. The molecule has 3 heterocycles. The fourth-order valence-electron chi connectivity index (χ4n) is 6.13. The first-order valence-electron chi connectivity index (χ1n) is 13.4. The number of fused-ring (bicyclic) bond motifs is 8. The summed E-state index contributed by atoms with van der Waals surface area (Å²) in [5, 5.41) is 8.56. The van der Waals surface area contributed by atoms with Gasteiger partial charge in [0.15, 0.2) is 0 Å². The molecule has 9 rings (SSSR count). The first kappa shape index (κ1) is 21.8. The van der Waals surface area contributed by atoms with Crippen LogP contribution in [0.2, 0.25) is 0 Å².